The molecule has 3 rings (SSSR count). The standard InChI is InChI=1S/C17H18ClNO2/c1-2-21-17(20)16-12-8-11(13(9-19)15(12)16)7-10-5-3-4-6-14(10)18/h3-6,11-13,15-16H,2,7-8H2,1H3. The molecule has 2 aliphatic rings. The summed E-state index contributed by atoms with van der Waals surface area (Å²) >= 11 is 6.20. The average molecular weight is 304 g/mol. The van der Waals surface area contributed by atoms with Crippen molar-refractivity contribution in [2.75, 3.05) is 6.61 Å². The minimum atomic E-state index is -0.121. The highest BCUT2D eigenvalue weighted by Crippen LogP contribution is 2.63. The predicted molar refractivity (Wildman–Crippen MR) is 79.5 cm³/mol. The molecule has 3 nitrogen and oxygen atoms in total. The molecule has 0 bridgehead atoms. The van der Waals surface area contributed by atoms with E-state index in [4.69, 9.17) is 16.3 Å². The number of ether oxygens (including phenoxy) is 1. The Kier molecular flexibility index (Phi) is 3.91. The lowest BCUT2D eigenvalue weighted by Gasteiger charge is -2.19. The van der Waals surface area contributed by atoms with E-state index in [1.54, 1.807) is 0 Å². The van der Waals surface area contributed by atoms with Crippen molar-refractivity contribution in [3.05, 3.63) is 34.9 Å². The molecular weight excluding hydrogens is 286 g/mol. The van der Waals surface area contributed by atoms with Crippen LogP contribution in [-0.4, -0.2) is 12.6 Å². The lowest BCUT2D eigenvalue weighted by molar-refractivity contribution is -0.145. The maximum atomic E-state index is 11.8. The van der Waals surface area contributed by atoms with E-state index in [9.17, 15) is 10.1 Å². The SMILES string of the molecule is CCOC(=O)C1C2CC(Cc3ccccc3Cl)C(C#N)C21. The number of esters is 1. The molecule has 5 unspecified atom stereocenters. The summed E-state index contributed by atoms with van der Waals surface area (Å²) in [5.41, 5.74) is 1.10. The van der Waals surface area contributed by atoms with Crippen LogP contribution in [0.1, 0.15) is 18.9 Å². The second-order valence-electron chi connectivity index (χ2n) is 5.97. The smallest absolute Gasteiger partial charge is 0.309 e. The second-order valence-corrected chi connectivity index (χ2v) is 6.37. The fourth-order valence-corrected chi connectivity index (χ4v) is 4.14. The number of carbonyl (C=O) groups is 1. The molecule has 0 aliphatic heterocycles. The maximum Gasteiger partial charge on any atom is 0.309 e. The molecule has 0 aromatic heterocycles. The number of benzene rings is 1. The highest BCUT2D eigenvalue weighted by atomic mass is 35.5. The van der Waals surface area contributed by atoms with Gasteiger partial charge in [-0.05, 0) is 49.1 Å². The van der Waals surface area contributed by atoms with E-state index < -0.39 is 0 Å². The minimum Gasteiger partial charge on any atom is -0.466 e. The molecule has 0 N–H and O–H groups in total. The summed E-state index contributed by atoms with van der Waals surface area (Å²) in [4.78, 5) is 11.8. The van der Waals surface area contributed by atoms with Crippen LogP contribution in [0.2, 0.25) is 5.02 Å². The zero-order valence-electron chi connectivity index (χ0n) is 12.0. The third kappa shape index (κ3) is 2.53. The minimum absolute atomic E-state index is 0.0444. The van der Waals surface area contributed by atoms with E-state index in [0.29, 0.717) is 18.4 Å². The van der Waals surface area contributed by atoms with Gasteiger partial charge in [-0.1, -0.05) is 29.8 Å². The summed E-state index contributed by atoms with van der Waals surface area (Å²) in [6.45, 7) is 2.23. The van der Waals surface area contributed by atoms with Gasteiger partial charge in [0.05, 0.1) is 24.5 Å². The Hall–Kier alpha value is -1.53. The van der Waals surface area contributed by atoms with Gasteiger partial charge in [-0.2, -0.15) is 5.26 Å². The highest BCUT2D eigenvalue weighted by Gasteiger charge is 2.65. The van der Waals surface area contributed by atoms with Gasteiger partial charge in [0, 0.05) is 5.02 Å². The Morgan fingerprint density at radius 1 is 1.48 bits per heavy atom. The lowest BCUT2D eigenvalue weighted by Crippen LogP contribution is -2.20. The molecule has 5 atom stereocenters. The van der Waals surface area contributed by atoms with Crippen LogP contribution >= 0.6 is 11.6 Å². The summed E-state index contributed by atoms with van der Waals surface area (Å²) in [6.07, 6.45) is 1.75. The van der Waals surface area contributed by atoms with Crippen molar-refractivity contribution in [1.82, 2.24) is 0 Å². The number of halogens is 1. The van der Waals surface area contributed by atoms with Gasteiger partial charge in [0.15, 0.2) is 0 Å². The van der Waals surface area contributed by atoms with Crippen LogP contribution in [0.3, 0.4) is 0 Å². The van der Waals surface area contributed by atoms with Crippen molar-refractivity contribution in [3.63, 3.8) is 0 Å². The van der Waals surface area contributed by atoms with Gasteiger partial charge >= 0.3 is 5.97 Å². The van der Waals surface area contributed by atoms with E-state index in [1.807, 2.05) is 31.2 Å². The zero-order valence-corrected chi connectivity index (χ0v) is 12.7. The van der Waals surface area contributed by atoms with Crippen LogP contribution in [-0.2, 0) is 16.0 Å². The third-order valence-electron chi connectivity index (χ3n) is 4.87. The van der Waals surface area contributed by atoms with Crippen LogP contribution < -0.4 is 0 Å². The molecule has 2 aliphatic carbocycles. The Morgan fingerprint density at radius 3 is 2.90 bits per heavy atom. The monoisotopic (exact) mass is 303 g/mol. The molecule has 0 radical (unpaired) electrons. The molecule has 0 amide bonds. The first-order valence-corrected chi connectivity index (χ1v) is 7.84. The lowest BCUT2D eigenvalue weighted by atomic mass is 9.85. The normalized spacial score (nSPS) is 33.1. The van der Waals surface area contributed by atoms with E-state index in [0.717, 1.165) is 23.4 Å². The summed E-state index contributed by atoms with van der Waals surface area (Å²) in [7, 11) is 0. The van der Waals surface area contributed by atoms with Crippen molar-refractivity contribution in [2.45, 2.75) is 19.8 Å². The quantitative estimate of drug-likeness (QED) is 0.800. The van der Waals surface area contributed by atoms with Crippen molar-refractivity contribution in [3.8, 4) is 6.07 Å². The van der Waals surface area contributed by atoms with Crippen molar-refractivity contribution < 1.29 is 9.53 Å². The molecule has 110 valence electrons. The first-order chi connectivity index (χ1) is 10.2. The molecule has 0 heterocycles. The van der Waals surface area contributed by atoms with Gasteiger partial charge in [0.1, 0.15) is 0 Å². The molecule has 0 saturated heterocycles. The van der Waals surface area contributed by atoms with E-state index >= 15 is 0 Å². The van der Waals surface area contributed by atoms with Gasteiger partial charge in [-0.3, -0.25) is 4.79 Å². The Labute approximate surface area is 129 Å². The average Bonchev–Trinajstić information content (AvgIpc) is 3.05. The fraction of sp³-hybridized carbons (Fsp3) is 0.529. The topological polar surface area (TPSA) is 50.1 Å². The first kappa shape index (κ1) is 14.4. The maximum absolute atomic E-state index is 11.8. The van der Waals surface area contributed by atoms with Crippen molar-refractivity contribution >= 4 is 17.6 Å². The van der Waals surface area contributed by atoms with Gasteiger partial charge in [-0.25, -0.2) is 0 Å². The van der Waals surface area contributed by atoms with E-state index in [-0.39, 0.29) is 23.7 Å². The van der Waals surface area contributed by atoms with Gasteiger partial charge < -0.3 is 4.74 Å². The van der Waals surface area contributed by atoms with Crippen LogP contribution in [0.25, 0.3) is 0 Å². The summed E-state index contributed by atoms with van der Waals surface area (Å²) in [5.74, 6) is 0.611. The van der Waals surface area contributed by atoms with E-state index in [1.165, 1.54) is 0 Å². The van der Waals surface area contributed by atoms with Gasteiger partial charge in [-0.15, -0.1) is 0 Å². The Bertz CT molecular complexity index is 595. The number of nitrogens with zero attached hydrogens (tertiary/aromatic N) is 1. The highest BCUT2D eigenvalue weighted by molar-refractivity contribution is 6.31. The van der Waals surface area contributed by atoms with Crippen molar-refractivity contribution in [1.29, 1.82) is 5.26 Å². The molecule has 2 saturated carbocycles. The molecule has 4 heteroatoms. The fourth-order valence-electron chi connectivity index (χ4n) is 3.92. The number of rotatable bonds is 4. The number of nitriles is 1. The second kappa shape index (κ2) is 5.69. The number of hydrogen-bond acceptors (Lipinski definition) is 3. The summed E-state index contributed by atoms with van der Waals surface area (Å²) in [6, 6.07) is 10.2. The Morgan fingerprint density at radius 2 is 2.24 bits per heavy atom. The van der Waals surface area contributed by atoms with Gasteiger partial charge in [0.2, 0.25) is 0 Å². The molecule has 0 spiro atoms. The van der Waals surface area contributed by atoms with Gasteiger partial charge in [0.25, 0.3) is 0 Å². The first-order valence-electron chi connectivity index (χ1n) is 7.47. The zero-order chi connectivity index (χ0) is 15.0. The summed E-state index contributed by atoms with van der Waals surface area (Å²) < 4.78 is 5.10. The number of hydrogen-bond donors (Lipinski definition) is 0. The number of fused-ring (bicyclic) bond motifs is 1. The molecule has 1 aromatic carbocycles. The molecular formula is C17H18ClNO2. The third-order valence-corrected chi connectivity index (χ3v) is 5.24. The van der Waals surface area contributed by atoms with Crippen LogP contribution in [0.15, 0.2) is 24.3 Å². The predicted octanol–water partition coefficient (Wildman–Crippen LogP) is 3.47. The largest absolute Gasteiger partial charge is 0.466 e. The Balaban J connectivity index is 1.68. The van der Waals surface area contributed by atoms with Crippen LogP contribution in [0.4, 0.5) is 0 Å². The van der Waals surface area contributed by atoms with Crippen molar-refractivity contribution in [2.24, 2.45) is 29.6 Å². The molecule has 2 fully saturated rings. The molecule has 21 heavy (non-hydrogen) atoms. The summed E-state index contributed by atoms with van der Waals surface area (Å²) in [5, 5.41) is 10.2. The van der Waals surface area contributed by atoms with Crippen LogP contribution in [0, 0.1) is 40.9 Å². The molecule has 1 aromatic rings. The number of carbonyl (C=O) groups excluding carboxylic acids is 1. The van der Waals surface area contributed by atoms with Crippen LogP contribution in [0.5, 0.6) is 0 Å². The van der Waals surface area contributed by atoms with E-state index in [2.05, 4.69) is 6.07 Å².